The number of rotatable bonds is 2. The summed E-state index contributed by atoms with van der Waals surface area (Å²) in [6, 6.07) is 4.56. The van der Waals surface area contributed by atoms with Crippen LogP contribution in [0.3, 0.4) is 0 Å². The zero-order valence-corrected chi connectivity index (χ0v) is 15.6. The lowest BCUT2D eigenvalue weighted by molar-refractivity contribution is -0.137. The standard InChI is InChI=1S/C15H11F3N4OS3/c1-22(14(19)24)21-13(23)12-10(8-3-2-4-25-8)11-9(26-12)5-7(6-20-11)15(16,17)18/h2-6H,1H3,(H2,19,24)(H,21,23). The number of carbonyl (C=O) groups is 1. The summed E-state index contributed by atoms with van der Waals surface area (Å²) in [6.07, 6.45) is -3.74. The number of thiocarbonyl (C=S) groups is 1. The van der Waals surface area contributed by atoms with Crippen LogP contribution in [0.1, 0.15) is 15.2 Å². The molecular formula is C15H11F3N4OS3. The fourth-order valence-electron chi connectivity index (χ4n) is 2.20. The molecule has 0 aliphatic heterocycles. The number of nitrogens with one attached hydrogen (secondary N) is 1. The van der Waals surface area contributed by atoms with Crippen LogP contribution in [0.25, 0.3) is 20.7 Å². The number of alkyl halides is 3. The van der Waals surface area contributed by atoms with Crippen LogP contribution in [0.2, 0.25) is 0 Å². The molecule has 0 atom stereocenters. The average Bonchev–Trinajstić information content (AvgIpc) is 3.19. The van der Waals surface area contributed by atoms with E-state index in [2.05, 4.69) is 10.4 Å². The van der Waals surface area contributed by atoms with E-state index < -0.39 is 17.6 Å². The van der Waals surface area contributed by atoms with Crippen molar-refractivity contribution in [3.63, 3.8) is 0 Å². The van der Waals surface area contributed by atoms with Gasteiger partial charge in [0, 0.05) is 23.7 Å². The van der Waals surface area contributed by atoms with Gasteiger partial charge in [0.15, 0.2) is 5.11 Å². The van der Waals surface area contributed by atoms with Gasteiger partial charge in [-0.1, -0.05) is 6.07 Å². The maximum absolute atomic E-state index is 13.0. The Morgan fingerprint density at radius 3 is 2.73 bits per heavy atom. The number of aromatic nitrogens is 1. The maximum atomic E-state index is 13.0. The Kier molecular flexibility index (Phi) is 4.86. The first kappa shape index (κ1) is 18.5. The molecule has 0 bridgehead atoms. The lowest BCUT2D eigenvalue weighted by Gasteiger charge is -2.17. The minimum atomic E-state index is -4.51. The topological polar surface area (TPSA) is 71.2 Å². The van der Waals surface area contributed by atoms with Gasteiger partial charge in [0.2, 0.25) is 0 Å². The summed E-state index contributed by atoms with van der Waals surface area (Å²) in [7, 11) is 1.47. The van der Waals surface area contributed by atoms with Gasteiger partial charge in [-0.3, -0.25) is 20.2 Å². The average molecular weight is 416 g/mol. The Hall–Kier alpha value is -2.24. The summed E-state index contributed by atoms with van der Waals surface area (Å²) in [6.45, 7) is 0. The second-order valence-electron chi connectivity index (χ2n) is 5.19. The highest BCUT2D eigenvalue weighted by Gasteiger charge is 2.32. The Morgan fingerprint density at radius 2 is 2.15 bits per heavy atom. The SMILES string of the molecule is CN(NC(=O)c1sc2cc(C(F)(F)F)cnc2c1-c1cccs1)C(N)=S. The molecular weight excluding hydrogens is 405 g/mol. The van der Waals surface area contributed by atoms with Crippen molar-refractivity contribution in [3.8, 4) is 10.4 Å². The summed E-state index contributed by atoms with van der Waals surface area (Å²) < 4.78 is 39.2. The van der Waals surface area contributed by atoms with Crippen molar-refractivity contribution in [2.24, 2.45) is 5.73 Å². The third-order valence-electron chi connectivity index (χ3n) is 3.43. The number of pyridine rings is 1. The first-order valence-electron chi connectivity index (χ1n) is 7.06. The first-order valence-corrected chi connectivity index (χ1v) is 9.16. The van der Waals surface area contributed by atoms with Gasteiger partial charge in [-0.25, -0.2) is 0 Å². The molecule has 3 N–H and O–H groups in total. The van der Waals surface area contributed by atoms with Gasteiger partial charge >= 0.3 is 6.18 Å². The molecule has 5 nitrogen and oxygen atoms in total. The molecule has 0 unspecified atom stereocenters. The van der Waals surface area contributed by atoms with Crippen molar-refractivity contribution in [1.29, 1.82) is 0 Å². The van der Waals surface area contributed by atoms with Crippen molar-refractivity contribution in [3.05, 3.63) is 40.2 Å². The number of thiophene rings is 2. The number of hydrazine groups is 1. The van der Waals surface area contributed by atoms with Crippen LogP contribution in [0.15, 0.2) is 29.8 Å². The van der Waals surface area contributed by atoms with E-state index in [0.717, 1.165) is 33.5 Å². The number of fused-ring (bicyclic) bond motifs is 1. The van der Waals surface area contributed by atoms with Crippen LogP contribution in [-0.2, 0) is 6.18 Å². The molecule has 0 radical (unpaired) electrons. The highest BCUT2D eigenvalue weighted by Crippen LogP contribution is 2.41. The zero-order valence-electron chi connectivity index (χ0n) is 13.1. The van der Waals surface area contributed by atoms with Crippen LogP contribution in [0.4, 0.5) is 13.2 Å². The molecule has 136 valence electrons. The van der Waals surface area contributed by atoms with Crippen LogP contribution in [0.5, 0.6) is 0 Å². The lowest BCUT2D eigenvalue weighted by Crippen LogP contribution is -2.45. The molecule has 0 aliphatic carbocycles. The van der Waals surface area contributed by atoms with E-state index in [4.69, 9.17) is 18.0 Å². The normalized spacial score (nSPS) is 11.5. The molecule has 1 amide bonds. The van der Waals surface area contributed by atoms with Crippen molar-refractivity contribution >= 4 is 56.1 Å². The molecule has 3 aromatic heterocycles. The maximum Gasteiger partial charge on any atom is 0.417 e. The van der Waals surface area contributed by atoms with Crippen LogP contribution < -0.4 is 11.2 Å². The molecule has 0 spiro atoms. The van der Waals surface area contributed by atoms with Gasteiger partial charge in [0.25, 0.3) is 5.91 Å². The smallest absolute Gasteiger partial charge is 0.375 e. The number of amides is 1. The van der Waals surface area contributed by atoms with E-state index in [9.17, 15) is 18.0 Å². The number of hydrogen-bond acceptors (Lipinski definition) is 5. The van der Waals surface area contributed by atoms with Crippen LogP contribution in [-0.4, -0.2) is 28.1 Å². The Balaban J connectivity index is 2.16. The summed E-state index contributed by atoms with van der Waals surface area (Å²) in [5.41, 5.74) is 7.91. The molecule has 3 aromatic rings. The summed E-state index contributed by atoms with van der Waals surface area (Å²) in [5.74, 6) is -0.528. The molecule has 3 rings (SSSR count). The Labute approximate surface area is 159 Å². The van der Waals surface area contributed by atoms with E-state index in [1.807, 2.05) is 5.38 Å². The van der Waals surface area contributed by atoms with Gasteiger partial charge in [0.1, 0.15) is 4.88 Å². The van der Waals surface area contributed by atoms with Crippen molar-refractivity contribution < 1.29 is 18.0 Å². The fourth-order valence-corrected chi connectivity index (χ4v) is 4.19. The molecule has 0 saturated heterocycles. The highest BCUT2D eigenvalue weighted by atomic mass is 32.1. The summed E-state index contributed by atoms with van der Waals surface area (Å²) >= 11 is 7.08. The van der Waals surface area contributed by atoms with E-state index in [-0.39, 0.29) is 14.7 Å². The van der Waals surface area contributed by atoms with Gasteiger partial charge in [0.05, 0.1) is 15.8 Å². The van der Waals surface area contributed by atoms with Crippen LogP contribution >= 0.6 is 34.9 Å². The van der Waals surface area contributed by atoms with E-state index in [1.165, 1.54) is 18.4 Å². The number of halogens is 3. The minimum Gasteiger partial charge on any atom is -0.375 e. The number of nitrogens with zero attached hydrogens (tertiary/aromatic N) is 2. The van der Waals surface area contributed by atoms with Crippen molar-refractivity contribution in [2.45, 2.75) is 6.18 Å². The molecule has 11 heteroatoms. The second kappa shape index (κ2) is 6.82. The van der Waals surface area contributed by atoms with Gasteiger partial charge in [-0.15, -0.1) is 22.7 Å². The highest BCUT2D eigenvalue weighted by molar-refractivity contribution is 7.80. The first-order chi connectivity index (χ1) is 12.2. The van der Waals surface area contributed by atoms with Crippen LogP contribution in [0, 0.1) is 0 Å². The number of hydrogen-bond donors (Lipinski definition) is 2. The largest absolute Gasteiger partial charge is 0.417 e. The van der Waals surface area contributed by atoms with Gasteiger partial charge in [-0.05, 0) is 29.7 Å². The molecule has 0 saturated carbocycles. The quantitative estimate of drug-likeness (QED) is 0.490. The second-order valence-corrected chi connectivity index (χ2v) is 7.61. The molecule has 0 fully saturated rings. The zero-order chi connectivity index (χ0) is 19.1. The van der Waals surface area contributed by atoms with Gasteiger partial charge in [-0.2, -0.15) is 13.2 Å². The summed E-state index contributed by atoms with van der Waals surface area (Å²) in [4.78, 5) is 17.6. The fraction of sp³-hybridized carbons (Fsp3) is 0.133. The van der Waals surface area contributed by atoms with E-state index in [1.54, 1.807) is 12.1 Å². The minimum absolute atomic E-state index is 0.0467. The Bertz CT molecular complexity index is 982. The number of nitrogens with two attached hydrogens (primary N) is 1. The predicted molar refractivity (Wildman–Crippen MR) is 99.9 cm³/mol. The van der Waals surface area contributed by atoms with Crippen molar-refractivity contribution in [1.82, 2.24) is 15.4 Å². The third-order valence-corrected chi connectivity index (χ3v) is 5.72. The molecule has 26 heavy (non-hydrogen) atoms. The van der Waals surface area contributed by atoms with E-state index >= 15 is 0 Å². The predicted octanol–water partition coefficient (Wildman–Crippen LogP) is 3.86. The molecule has 0 aliphatic rings. The molecule has 3 heterocycles. The number of carbonyl (C=O) groups excluding carboxylic acids is 1. The molecule has 0 aromatic carbocycles. The third kappa shape index (κ3) is 3.50. The van der Waals surface area contributed by atoms with Gasteiger partial charge < -0.3 is 5.73 Å². The summed E-state index contributed by atoms with van der Waals surface area (Å²) in [5, 5.41) is 2.93. The Morgan fingerprint density at radius 1 is 1.42 bits per heavy atom. The van der Waals surface area contributed by atoms with E-state index in [0.29, 0.717) is 11.1 Å². The van der Waals surface area contributed by atoms with Crippen molar-refractivity contribution in [2.75, 3.05) is 7.05 Å². The lowest BCUT2D eigenvalue weighted by atomic mass is 10.1. The monoisotopic (exact) mass is 416 g/mol.